The normalized spacial score (nSPS) is 14.1. The molecular formula is C14H30O2. The van der Waals surface area contributed by atoms with Crippen molar-refractivity contribution in [2.75, 3.05) is 26.9 Å². The Hall–Kier alpha value is -0.0800. The highest BCUT2D eigenvalue weighted by Crippen LogP contribution is 2.21. The standard InChI is InChI=1S/C14H30O2/c1-6-8-13(7-2)11-16-12-14(3,4)9-10-15-5/h13H,6-12H2,1-5H3. The molecule has 1 unspecified atom stereocenters. The molecule has 2 heteroatoms. The van der Waals surface area contributed by atoms with E-state index in [0.29, 0.717) is 0 Å². The molecule has 0 spiro atoms. The van der Waals surface area contributed by atoms with E-state index in [4.69, 9.17) is 9.47 Å². The molecule has 0 saturated carbocycles. The van der Waals surface area contributed by atoms with Gasteiger partial charge in [-0.15, -0.1) is 0 Å². The predicted octanol–water partition coefficient (Wildman–Crippen LogP) is 3.89. The molecule has 98 valence electrons. The maximum Gasteiger partial charge on any atom is 0.0518 e. The molecule has 0 aromatic rings. The van der Waals surface area contributed by atoms with Crippen LogP contribution in [0.3, 0.4) is 0 Å². The van der Waals surface area contributed by atoms with Crippen molar-refractivity contribution in [3.8, 4) is 0 Å². The molecule has 0 aliphatic heterocycles. The van der Waals surface area contributed by atoms with Crippen LogP contribution in [0.4, 0.5) is 0 Å². The minimum Gasteiger partial charge on any atom is -0.385 e. The van der Waals surface area contributed by atoms with Crippen LogP contribution in [0.2, 0.25) is 0 Å². The first-order valence-corrected chi connectivity index (χ1v) is 6.62. The van der Waals surface area contributed by atoms with Crippen LogP contribution in [0.25, 0.3) is 0 Å². The number of ether oxygens (including phenoxy) is 2. The Morgan fingerprint density at radius 2 is 1.88 bits per heavy atom. The van der Waals surface area contributed by atoms with Gasteiger partial charge in [-0.3, -0.25) is 0 Å². The molecule has 0 bridgehead atoms. The molecule has 0 rings (SSSR count). The van der Waals surface area contributed by atoms with Gasteiger partial charge in [0.15, 0.2) is 0 Å². The molecule has 2 nitrogen and oxygen atoms in total. The van der Waals surface area contributed by atoms with Gasteiger partial charge in [0.2, 0.25) is 0 Å². The molecule has 1 atom stereocenters. The van der Waals surface area contributed by atoms with Gasteiger partial charge >= 0.3 is 0 Å². The molecule has 0 aliphatic rings. The van der Waals surface area contributed by atoms with Gasteiger partial charge in [0.05, 0.1) is 6.61 Å². The van der Waals surface area contributed by atoms with Gasteiger partial charge in [-0.05, 0) is 24.2 Å². The monoisotopic (exact) mass is 230 g/mol. The van der Waals surface area contributed by atoms with Gasteiger partial charge in [-0.25, -0.2) is 0 Å². The van der Waals surface area contributed by atoms with Crippen molar-refractivity contribution in [3.05, 3.63) is 0 Å². The van der Waals surface area contributed by atoms with Crippen LogP contribution in [0.15, 0.2) is 0 Å². The predicted molar refractivity (Wildman–Crippen MR) is 69.8 cm³/mol. The lowest BCUT2D eigenvalue weighted by Gasteiger charge is -2.25. The lowest BCUT2D eigenvalue weighted by Crippen LogP contribution is -2.23. The number of hydrogen-bond donors (Lipinski definition) is 0. The van der Waals surface area contributed by atoms with Crippen molar-refractivity contribution in [2.24, 2.45) is 11.3 Å². The molecule has 0 radical (unpaired) electrons. The molecule has 0 heterocycles. The summed E-state index contributed by atoms with van der Waals surface area (Å²) in [5, 5.41) is 0. The Bertz CT molecular complexity index is 155. The van der Waals surface area contributed by atoms with Crippen LogP contribution in [-0.2, 0) is 9.47 Å². The Labute approximate surface area is 102 Å². The zero-order chi connectivity index (χ0) is 12.4. The number of rotatable bonds is 10. The molecule has 0 amide bonds. The third-order valence-electron chi connectivity index (χ3n) is 3.10. The van der Waals surface area contributed by atoms with Crippen LogP contribution >= 0.6 is 0 Å². The molecular weight excluding hydrogens is 200 g/mol. The van der Waals surface area contributed by atoms with Crippen molar-refractivity contribution >= 4 is 0 Å². The average Bonchev–Trinajstić information content (AvgIpc) is 2.25. The average molecular weight is 230 g/mol. The molecule has 0 aromatic carbocycles. The molecule has 16 heavy (non-hydrogen) atoms. The van der Waals surface area contributed by atoms with Crippen molar-refractivity contribution in [2.45, 2.75) is 53.4 Å². The fourth-order valence-electron chi connectivity index (χ4n) is 1.77. The third-order valence-corrected chi connectivity index (χ3v) is 3.10. The van der Waals surface area contributed by atoms with Gasteiger partial charge < -0.3 is 9.47 Å². The van der Waals surface area contributed by atoms with E-state index in [9.17, 15) is 0 Å². The van der Waals surface area contributed by atoms with E-state index < -0.39 is 0 Å². The van der Waals surface area contributed by atoms with Crippen LogP contribution in [0.1, 0.15) is 53.4 Å². The summed E-state index contributed by atoms with van der Waals surface area (Å²) in [6.45, 7) is 11.6. The number of hydrogen-bond acceptors (Lipinski definition) is 2. The number of methoxy groups -OCH3 is 1. The first-order valence-electron chi connectivity index (χ1n) is 6.62. The summed E-state index contributed by atoms with van der Waals surface area (Å²) >= 11 is 0. The summed E-state index contributed by atoms with van der Waals surface area (Å²) < 4.78 is 11.0. The Kier molecular flexibility index (Phi) is 8.96. The third kappa shape index (κ3) is 8.12. The summed E-state index contributed by atoms with van der Waals surface area (Å²) in [5.41, 5.74) is 0.237. The van der Waals surface area contributed by atoms with Crippen LogP contribution < -0.4 is 0 Å². The summed E-state index contributed by atoms with van der Waals surface area (Å²) in [7, 11) is 1.76. The smallest absolute Gasteiger partial charge is 0.0518 e. The van der Waals surface area contributed by atoms with E-state index in [0.717, 1.165) is 32.2 Å². The minimum absolute atomic E-state index is 0.237. The summed E-state index contributed by atoms with van der Waals surface area (Å²) in [6.07, 6.45) is 4.84. The van der Waals surface area contributed by atoms with Crippen molar-refractivity contribution in [1.29, 1.82) is 0 Å². The summed E-state index contributed by atoms with van der Waals surface area (Å²) in [5.74, 6) is 0.739. The van der Waals surface area contributed by atoms with E-state index >= 15 is 0 Å². The summed E-state index contributed by atoms with van der Waals surface area (Å²) in [4.78, 5) is 0. The van der Waals surface area contributed by atoms with Gasteiger partial charge in [-0.1, -0.05) is 40.5 Å². The fourth-order valence-corrected chi connectivity index (χ4v) is 1.77. The first kappa shape index (κ1) is 15.9. The van der Waals surface area contributed by atoms with Crippen molar-refractivity contribution < 1.29 is 9.47 Å². The Morgan fingerprint density at radius 3 is 2.38 bits per heavy atom. The minimum atomic E-state index is 0.237. The second-order valence-electron chi connectivity index (χ2n) is 5.49. The lowest BCUT2D eigenvalue weighted by molar-refractivity contribution is 0.0227. The first-order chi connectivity index (χ1) is 7.55. The van der Waals surface area contributed by atoms with Crippen molar-refractivity contribution in [1.82, 2.24) is 0 Å². The SMILES string of the molecule is CCCC(CC)COCC(C)(C)CCOC. The van der Waals surface area contributed by atoms with Gasteiger partial charge in [0.1, 0.15) is 0 Å². The topological polar surface area (TPSA) is 18.5 Å². The Balaban J connectivity index is 3.68. The van der Waals surface area contributed by atoms with E-state index in [-0.39, 0.29) is 5.41 Å². The van der Waals surface area contributed by atoms with Gasteiger partial charge in [-0.2, -0.15) is 0 Å². The molecule has 0 aromatic heterocycles. The Morgan fingerprint density at radius 1 is 1.19 bits per heavy atom. The second kappa shape index (κ2) is 9.00. The van der Waals surface area contributed by atoms with E-state index in [1.165, 1.54) is 19.3 Å². The van der Waals surface area contributed by atoms with E-state index in [2.05, 4.69) is 27.7 Å². The maximum atomic E-state index is 5.85. The zero-order valence-electron chi connectivity index (χ0n) is 11.8. The van der Waals surface area contributed by atoms with Crippen LogP contribution in [0, 0.1) is 11.3 Å². The fraction of sp³-hybridized carbons (Fsp3) is 1.00. The van der Waals surface area contributed by atoms with Crippen LogP contribution in [-0.4, -0.2) is 26.9 Å². The van der Waals surface area contributed by atoms with Gasteiger partial charge in [0, 0.05) is 20.3 Å². The largest absolute Gasteiger partial charge is 0.385 e. The highest BCUT2D eigenvalue weighted by Gasteiger charge is 2.18. The molecule has 0 saturated heterocycles. The van der Waals surface area contributed by atoms with Gasteiger partial charge in [0.25, 0.3) is 0 Å². The quantitative estimate of drug-likeness (QED) is 0.567. The second-order valence-corrected chi connectivity index (χ2v) is 5.49. The van der Waals surface area contributed by atoms with Crippen LogP contribution in [0.5, 0.6) is 0 Å². The maximum absolute atomic E-state index is 5.85. The highest BCUT2D eigenvalue weighted by atomic mass is 16.5. The molecule has 0 aliphatic carbocycles. The zero-order valence-corrected chi connectivity index (χ0v) is 11.8. The lowest BCUT2D eigenvalue weighted by atomic mass is 9.91. The van der Waals surface area contributed by atoms with Crippen molar-refractivity contribution in [3.63, 3.8) is 0 Å². The molecule has 0 N–H and O–H groups in total. The van der Waals surface area contributed by atoms with E-state index in [1.807, 2.05) is 0 Å². The highest BCUT2D eigenvalue weighted by molar-refractivity contribution is 4.67. The van der Waals surface area contributed by atoms with E-state index in [1.54, 1.807) is 7.11 Å². The summed E-state index contributed by atoms with van der Waals surface area (Å²) in [6, 6.07) is 0. The molecule has 0 fully saturated rings.